The summed E-state index contributed by atoms with van der Waals surface area (Å²) in [4.78, 5) is 12.2. The van der Waals surface area contributed by atoms with Crippen molar-refractivity contribution in [3.63, 3.8) is 0 Å². The Morgan fingerprint density at radius 1 is 0.793 bits per heavy atom. The van der Waals surface area contributed by atoms with E-state index in [0.717, 1.165) is 31.1 Å². The number of esters is 1. The molecule has 1 saturated carbocycles. The van der Waals surface area contributed by atoms with Gasteiger partial charge in [0.2, 0.25) is 0 Å². The first-order valence-corrected chi connectivity index (χ1v) is 12.5. The molecule has 0 bridgehead atoms. The van der Waals surface area contributed by atoms with E-state index in [1.54, 1.807) is 0 Å². The van der Waals surface area contributed by atoms with E-state index in [2.05, 4.69) is 38.1 Å². The summed E-state index contributed by atoms with van der Waals surface area (Å²) < 4.78 is 5.72. The average Bonchev–Trinajstić information content (AvgIpc) is 3.13. The van der Waals surface area contributed by atoms with Crippen LogP contribution >= 0.6 is 0 Å². The van der Waals surface area contributed by atoms with Gasteiger partial charge in [0.25, 0.3) is 0 Å². The Kier molecular flexibility index (Phi) is 9.08. The number of carbonyl (C=O) groups is 1. The standard InChI is InChI=1S/C27H42O2/c1-3-5-7-9-11-25-20-26(29-27(25)28)24-18-16-23(17-19-24)22-14-12-21(13-15-22)10-8-6-4-2/h16-19,21-22,25-26H,3-15,20H2,1-2H3. The van der Waals surface area contributed by atoms with Crippen LogP contribution in [0.2, 0.25) is 0 Å². The van der Waals surface area contributed by atoms with E-state index >= 15 is 0 Å². The summed E-state index contributed by atoms with van der Waals surface area (Å²) in [6.07, 6.45) is 17.8. The minimum Gasteiger partial charge on any atom is -0.457 e. The molecule has 2 aliphatic rings. The number of unbranched alkanes of at least 4 members (excludes halogenated alkanes) is 5. The summed E-state index contributed by atoms with van der Waals surface area (Å²) in [6.45, 7) is 4.52. The van der Waals surface area contributed by atoms with Crippen molar-refractivity contribution in [1.82, 2.24) is 0 Å². The topological polar surface area (TPSA) is 26.3 Å². The maximum Gasteiger partial charge on any atom is 0.309 e. The number of hydrogen-bond donors (Lipinski definition) is 0. The van der Waals surface area contributed by atoms with Crippen molar-refractivity contribution in [3.8, 4) is 0 Å². The quantitative estimate of drug-likeness (QED) is 0.278. The summed E-state index contributed by atoms with van der Waals surface area (Å²) >= 11 is 0. The van der Waals surface area contributed by atoms with Crippen LogP contribution in [-0.2, 0) is 9.53 Å². The molecule has 162 valence electrons. The van der Waals surface area contributed by atoms with E-state index in [1.165, 1.54) is 81.8 Å². The van der Waals surface area contributed by atoms with Gasteiger partial charge in [0, 0.05) is 6.42 Å². The lowest BCUT2D eigenvalue weighted by Crippen LogP contribution is -2.13. The van der Waals surface area contributed by atoms with Crippen LogP contribution in [0.4, 0.5) is 0 Å². The summed E-state index contributed by atoms with van der Waals surface area (Å²) in [5, 5.41) is 0. The molecule has 1 aromatic rings. The third kappa shape index (κ3) is 6.59. The third-order valence-electron chi connectivity index (χ3n) is 7.34. The smallest absolute Gasteiger partial charge is 0.309 e. The molecule has 2 atom stereocenters. The minimum absolute atomic E-state index is 0.0250. The molecule has 2 nitrogen and oxygen atoms in total. The molecular formula is C27H42O2. The zero-order chi connectivity index (χ0) is 20.5. The Morgan fingerprint density at radius 2 is 1.41 bits per heavy atom. The second-order valence-corrected chi connectivity index (χ2v) is 9.59. The Morgan fingerprint density at radius 3 is 2.10 bits per heavy atom. The fourth-order valence-electron chi connectivity index (χ4n) is 5.35. The summed E-state index contributed by atoms with van der Waals surface area (Å²) in [6, 6.07) is 9.06. The first-order chi connectivity index (χ1) is 14.2. The van der Waals surface area contributed by atoms with E-state index < -0.39 is 0 Å². The molecule has 2 fully saturated rings. The fourth-order valence-corrected chi connectivity index (χ4v) is 5.35. The molecule has 0 amide bonds. The molecular weight excluding hydrogens is 356 g/mol. The zero-order valence-corrected chi connectivity index (χ0v) is 18.8. The second-order valence-electron chi connectivity index (χ2n) is 9.59. The molecule has 1 aromatic carbocycles. The minimum atomic E-state index is -0.0259. The first-order valence-electron chi connectivity index (χ1n) is 12.5. The van der Waals surface area contributed by atoms with E-state index in [4.69, 9.17) is 4.74 Å². The van der Waals surface area contributed by atoms with Gasteiger partial charge in [-0.15, -0.1) is 0 Å². The van der Waals surface area contributed by atoms with Crippen LogP contribution in [0.5, 0.6) is 0 Å². The van der Waals surface area contributed by atoms with Crippen LogP contribution in [-0.4, -0.2) is 5.97 Å². The van der Waals surface area contributed by atoms with Gasteiger partial charge in [0.1, 0.15) is 6.10 Å². The maximum absolute atomic E-state index is 12.2. The molecule has 1 saturated heterocycles. The molecule has 2 heteroatoms. The lowest BCUT2D eigenvalue weighted by Gasteiger charge is -2.29. The number of benzene rings is 1. The number of hydrogen-bond acceptors (Lipinski definition) is 2. The SMILES string of the molecule is CCCCCCC1CC(c2ccc(C3CCC(CCCCC)CC3)cc2)OC1=O. The summed E-state index contributed by atoms with van der Waals surface area (Å²) in [5.74, 6) is 1.82. The Balaban J connectivity index is 1.45. The highest BCUT2D eigenvalue weighted by Crippen LogP contribution is 2.40. The van der Waals surface area contributed by atoms with Crippen LogP contribution in [0.3, 0.4) is 0 Å². The van der Waals surface area contributed by atoms with Gasteiger partial charge in [-0.2, -0.15) is 0 Å². The Hall–Kier alpha value is -1.31. The molecule has 3 rings (SSSR count). The molecule has 0 N–H and O–H groups in total. The lowest BCUT2D eigenvalue weighted by atomic mass is 9.77. The highest BCUT2D eigenvalue weighted by Gasteiger charge is 2.34. The van der Waals surface area contributed by atoms with Gasteiger partial charge in [-0.05, 0) is 55.1 Å². The molecule has 2 unspecified atom stereocenters. The summed E-state index contributed by atoms with van der Waals surface area (Å²) in [7, 11) is 0. The molecule has 1 aliphatic carbocycles. The van der Waals surface area contributed by atoms with Crippen LogP contribution in [0.25, 0.3) is 0 Å². The monoisotopic (exact) mass is 398 g/mol. The van der Waals surface area contributed by atoms with E-state index in [9.17, 15) is 4.79 Å². The molecule has 0 spiro atoms. The fraction of sp³-hybridized carbons (Fsp3) is 0.741. The lowest BCUT2D eigenvalue weighted by molar-refractivity contribution is -0.144. The van der Waals surface area contributed by atoms with Crippen LogP contribution in [0.15, 0.2) is 24.3 Å². The van der Waals surface area contributed by atoms with Crippen molar-refractivity contribution in [2.75, 3.05) is 0 Å². The largest absolute Gasteiger partial charge is 0.457 e. The molecule has 0 radical (unpaired) electrons. The van der Waals surface area contributed by atoms with Crippen LogP contribution in [0, 0.1) is 11.8 Å². The van der Waals surface area contributed by atoms with E-state index in [0.29, 0.717) is 0 Å². The predicted molar refractivity (Wildman–Crippen MR) is 121 cm³/mol. The van der Waals surface area contributed by atoms with Gasteiger partial charge in [-0.3, -0.25) is 4.79 Å². The predicted octanol–water partition coefficient (Wildman–Crippen LogP) is 8.12. The molecule has 1 aliphatic heterocycles. The van der Waals surface area contributed by atoms with Crippen molar-refractivity contribution in [2.45, 2.75) is 116 Å². The van der Waals surface area contributed by atoms with Gasteiger partial charge in [0.15, 0.2) is 0 Å². The highest BCUT2D eigenvalue weighted by molar-refractivity contribution is 5.74. The number of rotatable bonds is 11. The highest BCUT2D eigenvalue weighted by atomic mass is 16.5. The summed E-state index contributed by atoms with van der Waals surface area (Å²) in [5.41, 5.74) is 2.67. The van der Waals surface area contributed by atoms with Gasteiger partial charge in [0.05, 0.1) is 5.92 Å². The molecule has 0 aromatic heterocycles. The third-order valence-corrected chi connectivity index (χ3v) is 7.34. The normalized spacial score (nSPS) is 27.2. The van der Waals surface area contributed by atoms with Crippen molar-refractivity contribution >= 4 is 5.97 Å². The second kappa shape index (κ2) is 11.8. The van der Waals surface area contributed by atoms with Crippen LogP contribution < -0.4 is 0 Å². The van der Waals surface area contributed by atoms with Gasteiger partial charge in [-0.25, -0.2) is 0 Å². The van der Waals surface area contributed by atoms with Gasteiger partial charge in [-0.1, -0.05) is 89.5 Å². The zero-order valence-electron chi connectivity index (χ0n) is 18.8. The number of ether oxygens (including phenoxy) is 1. The Labute approximate surface area is 178 Å². The first kappa shape index (κ1) is 22.4. The maximum atomic E-state index is 12.2. The van der Waals surface area contributed by atoms with E-state index in [-0.39, 0.29) is 18.0 Å². The van der Waals surface area contributed by atoms with E-state index in [1.807, 2.05) is 0 Å². The van der Waals surface area contributed by atoms with Crippen LogP contribution in [0.1, 0.15) is 127 Å². The van der Waals surface area contributed by atoms with Crippen molar-refractivity contribution < 1.29 is 9.53 Å². The van der Waals surface area contributed by atoms with Crippen molar-refractivity contribution in [3.05, 3.63) is 35.4 Å². The number of cyclic esters (lactones) is 1. The number of carbonyl (C=O) groups excluding carboxylic acids is 1. The van der Waals surface area contributed by atoms with Crippen molar-refractivity contribution in [2.24, 2.45) is 11.8 Å². The molecule has 1 heterocycles. The molecule has 29 heavy (non-hydrogen) atoms. The van der Waals surface area contributed by atoms with Crippen molar-refractivity contribution in [1.29, 1.82) is 0 Å². The average molecular weight is 399 g/mol. The van der Waals surface area contributed by atoms with Gasteiger partial charge < -0.3 is 4.74 Å². The van der Waals surface area contributed by atoms with Gasteiger partial charge >= 0.3 is 5.97 Å². The Bertz CT molecular complexity index is 597.